The Kier molecular flexibility index (Phi) is 37.1. The van der Waals surface area contributed by atoms with E-state index in [9.17, 15) is 72.2 Å². The maximum atomic E-state index is 15.6. The van der Waals surface area contributed by atoms with Crippen molar-refractivity contribution in [3.8, 4) is 0 Å². The fraction of sp³-hybridized carbons (Fsp3) is 0.512. The van der Waals surface area contributed by atoms with Crippen molar-refractivity contribution < 1.29 is 86.6 Å². The Balaban J connectivity index is 1.15. The second-order valence-corrected chi connectivity index (χ2v) is 33.4. The van der Waals surface area contributed by atoms with Gasteiger partial charge < -0.3 is 109 Å². The fourth-order valence-corrected chi connectivity index (χ4v) is 16.0. The minimum atomic E-state index is -1.83. The number of primary amides is 2. The normalized spacial score (nSPS) is 24.1. The van der Waals surface area contributed by atoms with Gasteiger partial charge in [0.1, 0.15) is 78.5 Å². The number of aromatic nitrogens is 4. The number of likely N-dealkylation sites (N-methyl/N-ethyl adjacent to an activating group) is 4. The predicted octanol–water partition coefficient (Wildman–Crippen LogP) is -1.38. The summed E-state index contributed by atoms with van der Waals surface area (Å²) in [4.78, 5) is 264. The van der Waals surface area contributed by atoms with Crippen LogP contribution in [0, 0.1) is 5.92 Å². The number of rotatable bonds is 22. The molecule has 40 heteroatoms. The first-order valence-electron chi connectivity index (χ1n) is 42.2. The molecule has 39 nitrogen and oxygen atoms in total. The van der Waals surface area contributed by atoms with E-state index in [1.807, 2.05) is 13.8 Å². The Morgan fingerprint density at radius 3 is 1.67 bits per heavy atom. The van der Waals surface area contributed by atoms with Gasteiger partial charge in [-0.1, -0.05) is 120 Å². The van der Waals surface area contributed by atoms with Gasteiger partial charge >= 0.3 is 0 Å². The zero-order valence-corrected chi connectivity index (χ0v) is 73.5. The number of unbranched alkanes of at least 4 members (excludes halogenated alkanes) is 2. The molecule has 0 radical (unpaired) electrons. The molecule has 3 aromatic carbocycles. The summed E-state index contributed by atoms with van der Waals surface area (Å²) in [5.74, 6) is -16.3. The van der Waals surface area contributed by atoms with Crippen molar-refractivity contribution in [1.29, 1.82) is 0 Å². The average Bonchev–Trinajstić information content (AvgIpc) is 1.54. The van der Waals surface area contributed by atoms with E-state index in [0.29, 0.717) is 69.9 Å². The van der Waals surface area contributed by atoms with E-state index in [4.69, 9.17) is 11.5 Å². The number of para-hydroxylation sites is 2. The van der Waals surface area contributed by atoms with E-state index >= 15 is 14.4 Å². The van der Waals surface area contributed by atoms with Crippen LogP contribution in [0.4, 0.5) is 0 Å². The van der Waals surface area contributed by atoms with Gasteiger partial charge in [-0.3, -0.25) is 81.5 Å². The van der Waals surface area contributed by atoms with Crippen molar-refractivity contribution in [1.82, 2.24) is 97.6 Å². The Labute approximate surface area is 734 Å². The minimum Gasteiger partial charge on any atom is -0.394 e. The molecule has 13 atom stereocenters. The van der Waals surface area contributed by atoms with E-state index < -0.39 is 211 Å². The Hall–Kier alpha value is -12.8. The van der Waals surface area contributed by atoms with Crippen molar-refractivity contribution in [2.24, 2.45) is 17.4 Å². The number of hydrogen-bond donors (Lipinski definition) is 16. The SMILES string of the molecule is CCCC[C@H]1C(=O)N(C)[C@@H](CCCC)C(=O)N[C@@H](C)C(=O)N[C@H](C(=O)NCC(N)=O)CSCC(=O)N[C@@H](Cc2ccccc2)C(=O)N(C)[C@@H](C)C(=O)N[C@@H](CC(N)=O)C(=O)N2CCCC2C(=O)N[C@@H](Cc2cnc[nH]2)C(=O)N[C@@H](CC(C)C)C(=O)N(C)CC(=O)N[C@@H](Cc2c[nH]c3ccccc23)C(=O)N[C@@H](CO)C(=O)N[C@@H](Cc2c[nH]c3ccccc23)C(=O)N1C. The van der Waals surface area contributed by atoms with Crippen molar-refractivity contribution in [3.05, 3.63) is 126 Å². The van der Waals surface area contributed by atoms with E-state index in [1.165, 1.54) is 59.5 Å². The molecule has 126 heavy (non-hydrogen) atoms. The van der Waals surface area contributed by atoms with Gasteiger partial charge in [-0.25, -0.2) is 4.98 Å². The number of carbonyl (C=O) groups is 17. The molecule has 2 saturated heterocycles. The zero-order chi connectivity index (χ0) is 92.2. The molecule has 18 N–H and O–H groups in total. The number of aromatic amines is 3. The summed E-state index contributed by atoms with van der Waals surface area (Å²) in [6.07, 6.45) is 6.49. The lowest BCUT2D eigenvalue weighted by molar-refractivity contribution is -0.149. The number of imidazole rings is 1. The number of benzene rings is 3. The number of nitrogens with one attached hydrogen (secondary N) is 13. The topological polar surface area (TPSA) is 559 Å². The lowest BCUT2D eigenvalue weighted by atomic mass is 10.00. The second-order valence-electron chi connectivity index (χ2n) is 32.3. The molecule has 2 aliphatic rings. The molecular formula is C86H119N21O18S. The van der Waals surface area contributed by atoms with Crippen LogP contribution in [0.5, 0.6) is 0 Å². The number of carbonyl (C=O) groups excluding carboxylic acids is 17. The highest BCUT2D eigenvalue weighted by Crippen LogP contribution is 2.26. The lowest BCUT2D eigenvalue weighted by Crippen LogP contribution is -2.61. The van der Waals surface area contributed by atoms with Crippen LogP contribution in [0.2, 0.25) is 0 Å². The van der Waals surface area contributed by atoms with E-state index in [1.54, 1.807) is 105 Å². The number of fused-ring (bicyclic) bond motifs is 3. The largest absolute Gasteiger partial charge is 0.394 e. The maximum Gasteiger partial charge on any atom is 0.246 e. The van der Waals surface area contributed by atoms with Gasteiger partial charge in [-0.2, -0.15) is 0 Å². The molecule has 3 aromatic heterocycles. The first-order valence-corrected chi connectivity index (χ1v) is 43.4. The lowest BCUT2D eigenvalue weighted by Gasteiger charge is -2.36. The average molecular weight is 1770 g/mol. The van der Waals surface area contributed by atoms with Gasteiger partial charge in [-0.05, 0) is 80.7 Å². The minimum absolute atomic E-state index is 0.0173. The van der Waals surface area contributed by atoms with Gasteiger partial charge in [0.15, 0.2) is 0 Å². The maximum absolute atomic E-state index is 15.6. The van der Waals surface area contributed by atoms with Crippen molar-refractivity contribution in [2.45, 2.75) is 210 Å². The van der Waals surface area contributed by atoms with Crippen LogP contribution in [0.25, 0.3) is 21.8 Å². The number of aliphatic hydroxyl groups is 1. The number of nitrogens with zero attached hydrogens (tertiary/aromatic N) is 6. The molecule has 0 bridgehead atoms. The summed E-state index contributed by atoms with van der Waals surface area (Å²) < 4.78 is 0. The third-order valence-electron chi connectivity index (χ3n) is 22.3. The van der Waals surface area contributed by atoms with Crippen LogP contribution in [-0.4, -0.2) is 294 Å². The quantitative estimate of drug-likeness (QED) is 0.0372. The molecule has 0 aliphatic carbocycles. The molecule has 2 fully saturated rings. The van der Waals surface area contributed by atoms with Gasteiger partial charge in [0.25, 0.3) is 0 Å². The molecule has 6 aromatic rings. The first-order chi connectivity index (χ1) is 60.0. The van der Waals surface area contributed by atoms with Crippen LogP contribution in [-0.2, 0) is 107 Å². The summed E-state index contributed by atoms with van der Waals surface area (Å²) in [6.45, 7) is 7.35. The highest BCUT2D eigenvalue weighted by atomic mass is 32.2. The molecule has 17 amide bonds. The molecule has 8 rings (SSSR count). The van der Waals surface area contributed by atoms with Gasteiger partial charge in [-0.15, -0.1) is 11.8 Å². The van der Waals surface area contributed by atoms with Gasteiger partial charge in [0.2, 0.25) is 100 Å². The molecule has 0 saturated carbocycles. The summed E-state index contributed by atoms with van der Waals surface area (Å²) in [5, 5.41) is 38.7. The van der Waals surface area contributed by atoms with E-state index in [0.717, 1.165) is 31.4 Å². The number of H-pyrrole nitrogens is 3. The van der Waals surface area contributed by atoms with Crippen LogP contribution < -0.4 is 64.6 Å². The Morgan fingerprint density at radius 2 is 1.08 bits per heavy atom. The smallest absolute Gasteiger partial charge is 0.246 e. The highest BCUT2D eigenvalue weighted by molar-refractivity contribution is 8.00. The van der Waals surface area contributed by atoms with Crippen molar-refractivity contribution >= 4 is 134 Å². The summed E-state index contributed by atoms with van der Waals surface area (Å²) in [6, 6.07) is 3.43. The van der Waals surface area contributed by atoms with Crippen LogP contribution in [0.1, 0.15) is 128 Å². The predicted molar refractivity (Wildman–Crippen MR) is 466 cm³/mol. The van der Waals surface area contributed by atoms with E-state index in [2.05, 4.69) is 73.1 Å². The molecule has 682 valence electrons. The number of hydrogen-bond acceptors (Lipinski definition) is 20. The number of thioether (sulfide) groups is 1. The van der Waals surface area contributed by atoms with Crippen molar-refractivity contribution in [2.75, 3.05) is 65.9 Å². The Bertz CT molecular complexity index is 4850. The zero-order valence-electron chi connectivity index (χ0n) is 72.7. The fourth-order valence-electron chi connectivity index (χ4n) is 15.1. The van der Waals surface area contributed by atoms with Crippen LogP contribution >= 0.6 is 11.8 Å². The molecule has 2 aliphatic heterocycles. The second kappa shape index (κ2) is 47.4. The van der Waals surface area contributed by atoms with Gasteiger partial charge in [0, 0.05) is 112 Å². The summed E-state index contributed by atoms with van der Waals surface area (Å²) in [7, 11) is 5.29. The molecule has 1 unspecified atom stereocenters. The van der Waals surface area contributed by atoms with Crippen LogP contribution in [0.3, 0.4) is 0 Å². The number of amides is 17. The monoisotopic (exact) mass is 1770 g/mol. The highest BCUT2D eigenvalue weighted by Gasteiger charge is 2.44. The standard InChI is InChI=1S/C86H119N21O18S/c1-11-13-29-67-80(119)94-49(5)74(113)102-66(76(115)92-42-71(88)110)45-126-46-73(112)96-62(34-51-23-16-15-17-24-51)83(122)104(8)50(6)75(114)98-64(38-70(87)109)85(124)107-32-22-31-68(107)81(120)97-60(37-54-41-89-47-93-54)78(117)99-61(33-48(3)4)82(121)103(7)43-72(111)95-59(35-52-39-90-57-27-20-18-25-55(52)57)77(116)101-65(44-108)79(118)100-63(36-53-40-91-58-28-21-19-26-56(53)58)84(123)106(10)69(30-14-12-2)86(125)105(67)9/h15-21,23-28,39-41,47-50,59-69,90-91,108H,11-14,22,29-38,42-46H2,1-10H3,(H2,87,109)(H2,88,110)(H,89,93)(H,92,115)(H,94,119)(H,95,111)(H,96,112)(H,97,120)(H,98,114)(H,99,117)(H,100,118)(H,101,116)(H,102,113)/t49-,50-,59-,60-,61-,62-,63-,64-,65-,66-,67-,68?,69-/m0/s1. The molecule has 5 heterocycles. The Morgan fingerprint density at radius 1 is 0.540 bits per heavy atom. The van der Waals surface area contributed by atoms with Crippen LogP contribution in [0.15, 0.2) is 104 Å². The van der Waals surface area contributed by atoms with Crippen molar-refractivity contribution in [3.63, 3.8) is 0 Å². The number of aliphatic hydroxyl groups excluding tert-OH is 1. The first kappa shape index (κ1) is 98.7. The summed E-state index contributed by atoms with van der Waals surface area (Å²) in [5.41, 5.74) is 14.4. The third-order valence-corrected chi connectivity index (χ3v) is 23.3. The van der Waals surface area contributed by atoms with Gasteiger partial charge in [0.05, 0.1) is 38.2 Å². The molecule has 0 spiro atoms. The van der Waals surface area contributed by atoms with E-state index in [-0.39, 0.29) is 76.0 Å². The number of nitrogens with two attached hydrogens (primary N) is 2. The molecular weight excluding hydrogens is 1650 g/mol. The summed E-state index contributed by atoms with van der Waals surface area (Å²) >= 11 is 0.818. The third kappa shape index (κ3) is 27.6.